The first-order valence-electron chi connectivity index (χ1n) is 5.96. The molecule has 0 unspecified atom stereocenters. The smallest absolute Gasteiger partial charge is 0.182 e. The van der Waals surface area contributed by atoms with Gasteiger partial charge in [-0.1, -0.05) is 30.5 Å². The first-order chi connectivity index (χ1) is 8.01. The van der Waals surface area contributed by atoms with Crippen molar-refractivity contribution >= 4 is 21.4 Å². The number of aryl methyl sites for hydroxylation is 1. The van der Waals surface area contributed by atoms with Gasteiger partial charge in [0.15, 0.2) is 9.84 Å². The van der Waals surface area contributed by atoms with Crippen LogP contribution in [0.1, 0.15) is 31.2 Å². The molecule has 4 heteroatoms. The Labute approximate surface area is 108 Å². The molecule has 0 aromatic heterocycles. The number of benzene rings is 1. The number of alkyl halides is 1. The molecule has 0 saturated heterocycles. The quantitative estimate of drug-likeness (QED) is 0.774. The van der Waals surface area contributed by atoms with Crippen LogP contribution in [-0.2, 0) is 9.84 Å². The number of halogens is 1. The van der Waals surface area contributed by atoms with Crippen LogP contribution in [0.3, 0.4) is 0 Å². The predicted octanol–water partition coefficient (Wildman–Crippen LogP) is 3.32. The lowest BCUT2D eigenvalue weighted by Gasteiger charge is -2.26. The molecule has 1 aliphatic rings. The first-order valence-corrected chi connectivity index (χ1v) is 7.95. The third-order valence-electron chi connectivity index (χ3n) is 3.37. The monoisotopic (exact) mass is 272 g/mol. The Bertz CT molecular complexity index is 479. The van der Waals surface area contributed by atoms with E-state index in [-0.39, 0.29) is 5.38 Å². The molecule has 2 nitrogen and oxygen atoms in total. The second kappa shape index (κ2) is 4.99. The average molecular weight is 273 g/mol. The van der Waals surface area contributed by atoms with Gasteiger partial charge in [0.2, 0.25) is 0 Å². The van der Waals surface area contributed by atoms with E-state index in [1.807, 2.05) is 19.1 Å². The van der Waals surface area contributed by atoms with E-state index in [0.29, 0.717) is 11.3 Å². The molecule has 0 radical (unpaired) electrons. The van der Waals surface area contributed by atoms with Crippen molar-refractivity contribution in [3.63, 3.8) is 0 Å². The number of sulfone groups is 1. The normalized spacial score (nSPS) is 25.8. The van der Waals surface area contributed by atoms with E-state index >= 15 is 0 Å². The second-order valence-electron chi connectivity index (χ2n) is 4.70. The molecule has 17 heavy (non-hydrogen) atoms. The molecule has 0 bridgehead atoms. The van der Waals surface area contributed by atoms with Crippen molar-refractivity contribution in [3.05, 3.63) is 29.8 Å². The van der Waals surface area contributed by atoms with Gasteiger partial charge in [0.05, 0.1) is 15.5 Å². The molecule has 0 aliphatic heterocycles. The van der Waals surface area contributed by atoms with Crippen molar-refractivity contribution in [1.82, 2.24) is 0 Å². The molecule has 1 aliphatic carbocycles. The summed E-state index contributed by atoms with van der Waals surface area (Å²) in [7, 11) is -3.26. The molecule has 1 fully saturated rings. The van der Waals surface area contributed by atoms with E-state index in [1.54, 1.807) is 12.1 Å². The summed E-state index contributed by atoms with van der Waals surface area (Å²) in [6, 6.07) is 7.03. The Morgan fingerprint density at radius 1 is 1.12 bits per heavy atom. The van der Waals surface area contributed by atoms with Gasteiger partial charge in [0.1, 0.15) is 0 Å². The van der Waals surface area contributed by atoms with Crippen LogP contribution < -0.4 is 0 Å². The van der Waals surface area contributed by atoms with E-state index in [1.165, 1.54) is 0 Å². The molecule has 94 valence electrons. The van der Waals surface area contributed by atoms with Gasteiger partial charge >= 0.3 is 0 Å². The highest BCUT2D eigenvalue weighted by molar-refractivity contribution is 7.92. The Hall–Kier alpha value is -0.540. The molecule has 2 atom stereocenters. The van der Waals surface area contributed by atoms with Crippen LogP contribution in [0.5, 0.6) is 0 Å². The van der Waals surface area contributed by atoms with Crippen molar-refractivity contribution in [2.24, 2.45) is 0 Å². The predicted molar refractivity (Wildman–Crippen MR) is 70.3 cm³/mol. The summed E-state index contributed by atoms with van der Waals surface area (Å²) in [6.45, 7) is 1.95. The van der Waals surface area contributed by atoms with Crippen molar-refractivity contribution in [1.29, 1.82) is 0 Å². The largest absolute Gasteiger partial charge is 0.223 e. The molecule has 1 aromatic rings. The minimum Gasteiger partial charge on any atom is -0.223 e. The summed E-state index contributed by atoms with van der Waals surface area (Å²) in [5.74, 6) is 0. The van der Waals surface area contributed by atoms with Crippen LogP contribution in [0.25, 0.3) is 0 Å². The fourth-order valence-corrected chi connectivity index (χ4v) is 4.86. The Kier molecular flexibility index (Phi) is 3.79. The zero-order valence-electron chi connectivity index (χ0n) is 9.90. The van der Waals surface area contributed by atoms with Crippen LogP contribution in [0.4, 0.5) is 0 Å². The molecular formula is C13H17ClO2S. The zero-order chi connectivity index (χ0) is 12.5. The molecule has 2 rings (SSSR count). The molecule has 0 N–H and O–H groups in total. The number of hydrogen-bond donors (Lipinski definition) is 0. The van der Waals surface area contributed by atoms with E-state index in [9.17, 15) is 8.42 Å². The Morgan fingerprint density at radius 3 is 2.29 bits per heavy atom. The van der Waals surface area contributed by atoms with Crippen LogP contribution in [-0.4, -0.2) is 19.0 Å². The third kappa shape index (κ3) is 2.66. The zero-order valence-corrected chi connectivity index (χ0v) is 11.5. The van der Waals surface area contributed by atoms with Gasteiger partial charge in [-0.25, -0.2) is 8.42 Å². The standard InChI is InChI=1S/C13H17ClO2S/c1-10-6-8-11(9-7-10)17(15,16)13-5-3-2-4-12(13)14/h6-9,12-13H,2-5H2,1H3/t12-,13-/m1/s1. The molecule has 1 aromatic carbocycles. The van der Waals surface area contributed by atoms with Crippen LogP contribution in [0.15, 0.2) is 29.2 Å². The summed E-state index contributed by atoms with van der Waals surface area (Å²) in [5, 5.41) is -0.657. The van der Waals surface area contributed by atoms with Gasteiger partial charge in [-0.05, 0) is 31.9 Å². The number of hydrogen-bond acceptors (Lipinski definition) is 2. The van der Waals surface area contributed by atoms with Crippen LogP contribution in [0, 0.1) is 6.92 Å². The summed E-state index contributed by atoms with van der Waals surface area (Å²) < 4.78 is 24.8. The van der Waals surface area contributed by atoms with Gasteiger partial charge in [-0.3, -0.25) is 0 Å². The highest BCUT2D eigenvalue weighted by Gasteiger charge is 2.35. The van der Waals surface area contributed by atoms with Gasteiger partial charge in [-0.2, -0.15) is 0 Å². The second-order valence-corrected chi connectivity index (χ2v) is 7.42. The topological polar surface area (TPSA) is 34.1 Å². The SMILES string of the molecule is Cc1ccc(S(=O)(=O)[C@@H]2CCCC[C@H]2Cl)cc1. The maximum absolute atomic E-state index is 12.4. The Morgan fingerprint density at radius 2 is 1.71 bits per heavy atom. The van der Waals surface area contributed by atoms with Gasteiger partial charge in [-0.15, -0.1) is 11.6 Å². The van der Waals surface area contributed by atoms with E-state index in [2.05, 4.69) is 0 Å². The summed E-state index contributed by atoms with van der Waals surface area (Å²) in [5.41, 5.74) is 1.06. The highest BCUT2D eigenvalue weighted by Crippen LogP contribution is 2.32. The van der Waals surface area contributed by atoms with Crippen molar-refractivity contribution in [3.8, 4) is 0 Å². The minimum absolute atomic E-state index is 0.241. The number of rotatable bonds is 2. The minimum atomic E-state index is -3.26. The van der Waals surface area contributed by atoms with E-state index < -0.39 is 15.1 Å². The van der Waals surface area contributed by atoms with E-state index in [0.717, 1.165) is 24.8 Å². The van der Waals surface area contributed by atoms with Gasteiger partial charge in [0, 0.05) is 0 Å². The van der Waals surface area contributed by atoms with Gasteiger partial charge in [0.25, 0.3) is 0 Å². The third-order valence-corrected chi connectivity index (χ3v) is 6.33. The van der Waals surface area contributed by atoms with Crippen molar-refractivity contribution in [2.75, 3.05) is 0 Å². The maximum atomic E-state index is 12.4. The molecule has 0 heterocycles. The molecule has 0 amide bonds. The first kappa shape index (κ1) is 12.9. The summed E-state index contributed by atoms with van der Waals surface area (Å²) in [4.78, 5) is 0.403. The van der Waals surface area contributed by atoms with Crippen LogP contribution in [0.2, 0.25) is 0 Å². The van der Waals surface area contributed by atoms with Crippen molar-refractivity contribution in [2.45, 2.75) is 48.1 Å². The molecule has 1 saturated carbocycles. The fraction of sp³-hybridized carbons (Fsp3) is 0.538. The van der Waals surface area contributed by atoms with Gasteiger partial charge < -0.3 is 0 Å². The van der Waals surface area contributed by atoms with Crippen LogP contribution >= 0.6 is 11.6 Å². The summed E-state index contributed by atoms with van der Waals surface area (Å²) in [6.07, 6.45) is 3.48. The molecule has 0 spiro atoms. The Balaban J connectivity index is 2.32. The fourth-order valence-electron chi connectivity index (χ4n) is 2.30. The summed E-state index contributed by atoms with van der Waals surface area (Å²) >= 11 is 6.17. The lowest BCUT2D eigenvalue weighted by Crippen LogP contribution is -2.33. The lowest BCUT2D eigenvalue weighted by molar-refractivity contribution is 0.489. The van der Waals surface area contributed by atoms with E-state index in [4.69, 9.17) is 11.6 Å². The highest BCUT2D eigenvalue weighted by atomic mass is 35.5. The lowest BCUT2D eigenvalue weighted by atomic mass is 10.00. The average Bonchev–Trinajstić information content (AvgIpc) is 2.30. The van der Waals surface area contributed by atoms with Crippen molar-refractivity contribution < 1.29 is 8.42 Å². The maximum Gasteiger partial charge on any atom is 0.182 e. The molecular weight excluding hydrogens is 256 g/mol.